The van der Waals surface area contributed by atoms with Gasteiger partial charge in [-0.15, -0.1) is 0 Å². The average Bonchev–Trinajstić information content (AvgIpc) is 3.11. The number of amides is 2. The molecule has 2 aromatic carbocycles. The van der Waals surface area contributed by atoms with Gasteiger partial charge in [-0.2, -0.15) is 8.78 Å². The van der Waals surface area contributed by atoms with E-state index in [1.54, 1.807) is 29.2 Å². The number of anilines is 1. The van der Waals surface area contributed by atoms with Crippen LogP contribution < -0.4 is 19.7 Å². The maximum absolute atomic E-state index is 12.5. The third kappa shape index (κ3) is 5.68. The van der Waals surface area contributed by atoms with Gasteiger partial charge >= 0.3 is 6.61 Å². The highest BCUT2D eigenvalue weighted by Gasteiger charge is 2.34. The minimum Gasteiger partial charge on any atom is -0.494 e. The lowest BCUT2D eigenvalue weighted by molar-refractivity contribution is -0.126. The fourth-order valence-electron chi connectivity index (χ4n) is 3.33. The number of benzene rings is 2. The molecule has 0 saturated carbocycles. The third-order valence-electron chi connectivity index (χ3n) is 4.82. The number of hydrogen-bond acceptors (Lipinski definition) is 4. The molecule has 1 atom stereocenters. The minimum absolute atomic E-state index is 0.0890. The Bertz CT molecular complexity index is 856. The number of rotatable bonds is 9. The zero-order valence-corrected chi connectivity index (χ0v) is 16.6. The van der Waals surface area contributed by atoms with Crippen molar-refractivity contribution in [3.63, 3.8) is 0 Å². The molecule has 0 spiro atoms. The molecule has 0 radical (unpaired) electrons. The first kappa shape index (κ1) is 21.5. The zero-order chi connectivity index (χ0) is 21.5. The van der Waals surface area contributed by atoms with Gasteiger partial charge in [0.25, 0.3) is 0 Å². The molecule has 1 aliphatic rings. The first-order valence-corrected chi connectivity index (χ1v) is 9.81. The van der Waals surface area contributed by atoms with Crippen molar-refractivity contribution in [2.75, 3.05) is 24.6 Å². The van der Waals surface area contributed by atoms with Crippen LogP contribution in [0.1, 0.15) is 18.9 Å². The molecule has 0 bridgehead atoms. The van der Waals surface area contributed by atoms with E-state index in [1.807, 2.05) is 19.1 Å². The summed E-state index contributed by atoms with van der Waals surface area (Å²) < 4.78 is 34.1. The van der Waals surface area contributed by atoms with Crippen molar-refractivity contribution in [2.24, 2.45) is 5.92 Å². The summed E-state index contributed by atoms with van der Waals surface area (Å²) in [5.74, 6) is 0.155. The van der Waals surface area contributed by atoms with Gasteiger partial charge in [0.2, 0.25) is 11.8 Å². The Morgan fingerprint density at radius 3 is 2.43 bits per heavy atom. The molecule has 30 heavy (non-hydrogen) atoms. The highest BCUT2D eigenvalue weighted by atomic mass is 19.3. The van der Waals surface area contributed by atoms with Gasteiger partial charge in [0.05, 0.1) is 12.5 Å². The van der Waals surface area contributed by atoms with Crippen LogP contribution in [-0.2, 0) is 16.0 Å². The molecule has 2 aromatic rings. The van der Waals surface area contributed by atoms with Gasteiger partial charge in [0.15, 0.2) is 0 Å². The molecule has 6 nitrogen and oxygen atoms in total. The van der Waals surface area contributed by atoms with Crippen molar-refractivity contribution >= 4 is 17.5 Å². The largest absolute Gasteiger partial charge is 0.494 e. The van der Waals surface area contributed by atoms with Gasteiger partial charge in [-0.3, -0.25) is 9.59 Å². The highest BCUT2D eigenvalue weighted by molar-refractivity contribution is 6.00. The standard InChI is InChI=1S/C22H24F2N2O4/c1-2-29-18-9-5-17(6-10-18)26-14-16(13-20(26)27)21(28)25-12-11-15-3-7-19(8-4-15)30-22(23)24/h3-10,16,22H,2,11-14H2,1H3,(H,25,28). The first-order valence-electron chi connectivity index (χ1n) is 9.81. The number of ether oxygens (including phenoxy) is 2. The van der Waals surface area contributed by atoms with Crippen LogP contribution >= 0.6 is 0 Å². The van der Waals surface area contributed by atoms with Crippen molar-refractivity contribution in [3.05, 3.63) is 54.1 Å². The number of alkyl halides is 2. The molecule has 2 amide bonds. The van der Waals surface area contributed by atoms with Gasteiger partial charge < -0.3 is 19.7 Å². The molecule has 8 heteroatoms. The Kier molecular flexibility index (Phi) is 7.21. The quantitative estimate of drug-likeness (QED) is 0.678. The number of carbonyl (C=O) groups excluding carboxylic acids is 2. The second-order valence-electron chi connectivity index (χ2n) is 6.90. The fourth-order valence-corrected chi connectivity index (χ4v) is 3.33. The number of halogens is 2. The summed E-state index contributed by atoms with van der Waals surface area (Å²) in [4.78, 5) is 26.4. The van der Waals surface area contributed by atoms with E-state index in [4.69, 9.17) is 4.74 Å². The van der Waals surface area contributed by atoms with E-state index in [0.717, 1.165) is 17.0 Å². The highest BCUT2D eigenvalue weighted by Crippen LogP contribution is 2.27. The second kappa shape index (κ2) is 10.0. The smallest absolute Gasteiger partial charge is 0.387 e. The van der Waals surface area contributed by atoms with Crippen LogP contribution in [0.5, 0.6) is 11.5 Å². The summed E-state index contributed by atoms with van der Waals surface area (Å²) in [6.45, 7) is 0.335. The Hall–Kier alpha value is -3.16. The van der Waals surface area contributed by atoms with Gasteiger partial charge in [-0.25, -0.2) is 0 Å². The van der Waals surface area contributed by atoms with E-state index in [-0.39, 0.29) is 24.0 Å². The molecule has 1 unspecified atom stereocenters. The zero-order valence-electron chi connectivity index (χ0n) is 16.6. The van der Waals surface area contributed by atoms with Gasteiger partial charge in [0.1, 0.15) is 11.5 Å². The van der Waals surface area contributed by atoms with E-state index < -0.39 is 12.5 Å². The summed E-state index contributed by atoms with van der Waals surface area (Å²) in [5.41, 5.74) is 1.63. The van der Waals surface area contributed by atoms with Gasteiger partial charge in [-0.1, -0.05) is 12.1 Å². The first-order chi connectivity index (χ1) is 14.5. The summed E-state index contributed by atoms with van der Waals surface area (Å²) in [6.07, 6.45) is 0.711. The Morgan fingerprint density at radius 2 is 1.80 bits per heavy atom. The maximum Gasteiger partial charge on any atom is 0.387 e. The Morgan fingerprint density at radius 1 is 1.13 bits per heavy atom. The molecule has 1 aliphatic heterocycles. The number of nitrogens with one attached hydrogen (secondary N) is 1. The second-order valence-corrected chi connectivity index (χ2v) is 6.90. The van der Waals surface area contributed by atoms with Crippen molar-refractivity contribution in [1.29, 1.82) is 0 Å². The summed E-state index contributed by atoms with van der Waals surface area (Å²) >= 11 is 0. The molecular formula is C22H24F2N2O4. The van der Waals surface area contributed by atoms with E-state index in [1.165, 1.54) is 12.1 Å². The van der Waals surface area contributed by atoms with Crippen LogP contribution in [-0.4, -0.2) is 38.1 Å². The third-order valence-corrected chi connectivity index (χ3v) is 4.82. The topological polar surface area (TPSA) is 67.9 Å². The number of nitrogens with zero attached hydrogens (tertiary/aromatic N) is 1. The Labute approximate surface area is 173 Å². The predicted octanol–water partition coefficient (Wildman–Crippen LogP) is 3.40. The lowest BCUT2D eigenvalue weighted by Gasteiger charge is -2.17. The SMILES string of the molecule is CCOc1ccc(N2CC(C(=O)NCCc3ccc(OC(F)F)cc3)CC2=O)cc1. The summed E-state index contributed by atoms with van der Waals surface area (Å²) in [5, 5.41) is 2.85. The maximum atomic E-state index is 12.5. The molecule has 0 aromatic heterocycles. The lowest BCUT2D eigenvalue weighted by atomic mass is 10.1. The van der Waals surface area contributed by atoms with E-state index in [2.05, 4.69) is 10.1 Å². The molecule has 1 heterocycles. The molecular weight excluding hydrogens is 394 g/mol. The van der Waals surface area contributed by atoms with Crippen LogP contribution in [0.25, 0.3) is 0 Å². The number of hydrogen-bond donors (Lipinski definition) is 1. The van der Waals surface area contributed by atoms with Crippen molar-refractivity contribution in [3.8, 4) is 11.5 Å². The van der Waals surface area contributed by atoms with Crippen LogP contribution in [0.4, 0.5) is 14.5 Å². The monoisotopic (exact) mass is 418 g/mol. The molecule has 1 fully saturated rings. The van der Waals surface area contributed by atoms with Crippen molar-refractivity contribution in [2.45, 2.75) is 26.4 Å². The van der Waals surface area contributed by atoms with E-state index in [0.29, 0.717) is 26.1 Å². The molecule has 160 valence electrons. The molecule has 1 N–H and O–H groups in total. The number of carbonyl (C=O) groups is 2. The lowest BCUT2D eigenvalue weighted by Crippen LogP contribution is -2.34. The van der Waals surface area contributed by atoms with E-state index in [9.17, 15) is 18.4 Å². The molecule has 3 rings (SSSR count). The van der Waals surface area contributed by atoms with Crippen LogP contribution in [0, 0.1) is 5.92 Å². The predicted molar refractivity (Wildman–Crippen MR) is 108 cm³/mol. The minimum atomic E-state index is -2.86. The van der Waals surface area contributed by atoms with Crippen molar-refractivity contribution < 1.29 is 27.8 Å². The average molecular weight is 418 g/mol. The normalized spacial score (nSPS) is 16.1. The molecule has 1 saturated heterocycles. The van der Waals surface area contributed by atoms with Crippen LogP contribution in [0.15, 0.2) is 48.5 Å². The molecule has 0 aliphatic carbocycles. The summed E-state index contributed by atoms with van der Waals surface area (Å²) in [7, 11) is 0. The fraction of sp³-hybridized carbons (Fsp3) is 0.364. The Balaban J connectivity index is 1.47. The van der Waals surface area contributed by atoms with Gasteiger partial charge in [0, 0.05) is 25.2 Å². The van der Waals surface area contributed by atoms with Crippen LogP contribution in [0.2, 0.25) is 0 Å². The van der Waals surface area contributed by atoms with Crippen LogP contribution in [0.3, 0.4) is 0 Å². The van der Waals surface area contributed by atoms with Crippen molar-refractivity contribution in [1.82, 2.24) is 5.32 Å². The van der Waals surface area contributed by atoms with E-state index >= 15 is 0 Å². The van der Waals surface area contributed by atoms with Gasteiger partial charge in [-0.05, 0) is 55.3 Å². The summed E-state index contributed by atoms with van der Waals surface area (Å²) in [6, 6.07) is 13.5.